The van der Waals surface area contributed by atoms with E-state index < -0.39 is 11.7 Å². The van der Waals surface area contributed by atoms with Crippen molar-refractivity contribution < 1.29 is 18.0 Å². The van der Waals surface area contributed by atoms with Crippen LogP contribution in [0.4, 0.5) is 18.9 Å². The molecule has 0 unspecified atom stereocenters. The molecular weight excluding hydrogens is 291 g/mol. The lowest BCUT2D eigenvalue weighted by Crippen LogP contribution is -2.23. The molecule has 0 aliphatic carbocycles. The van der Waals surface area contributed by atoms with Crippen LogP contribution < -0.4 is 4.90 Å². The van der Waals surface area contributed by atoms with Crippen LogP contribution in [0.3, 0.4) is 0 Å². The quantitative estimate of drug-likeness (QED) is 0.756. The second-order valence-corrected chi connectivity index (χ2v) is 4.89. The van der Waals surface area contributed by atoms with Gasteiger partial charge in [-0.15, -0.1) is 0 Å². The van der Waals surface area contributed by atoms with Crippen molar-refractivity contribution in [3.05, 3.63) is 65.2 Å². The van der Waals surface area contributed by atoms with Gasteiger partial charge in [-0.25, -0.2) is 0 Å². The van der Waals surface area contributed by atoms with Gasteiger partial charge in [0.2, 0.25) is 0 Å². The number of aldehydes is 1. The molecule has 2 rings (SSSR count). The van der Waals surface area contributed by atoms with Gasteiger partial charge in [0.1, 0.15) is 0 Å². The Morgan fingerprint density at radius 3 is 2.32 bits per heavy atom. The van der Waals surface area contributed by atoms with Gasteiger partial charge in [-0.3, -0.25) is 4.79 Å². The van der Waals surface area contributed by atoms with Gasteiger partial charge in [0.25, 0.3) is 0 Å². The van der Waals surface area contributed by atoms with Gasteiger partial charge in [-0.1, -0.05) is 30.3 Å². The van der Waals surface area contributed by atoms with Crippen LogP contribution in [-0.4, -0.2) is 12.8 Å². The maximum absolute atomic E-state index is 12.7. The van der Waals surface area contributed by atoms with E-state index in [4.69, 9.17) is 0 Å². The van der Waals surface area contributed by atoms with E-state index in [1.165, 1.54) is 6.07 Å². The van der Waals surface area contributed by atoms with Gasteiger partial charge in [-0.2, -0.15) is 13.2 Å². The Labute approximate surface area is 127 Å². The lowest BCUT2D eigenvalue weighted by molar-refractivity contribution is -0.137. The zero-order valence-corrected chi connectivity index (χ0v) is 12.1. The third-order valence-corrected chi connectivity index (χ3v) is 3.42. The topological polar surface area (TPSA) is 20.3 Å². The van der Waals surface area contributed by atoms with E-state index in [9.17, 15) is 18.0 Å². The summed E-state index contributed by atoms with van der Waals surface area (Å²) in [5.74, 6) is 0. The van der Waals surface area contributed by atoms with Crippen LogP contribution >= 0.6 is 0 Å². The van der Waals surface area contributed by atoms with Crippen LogP contribution in [0.2, 0.25) is 0 Å². The number of hydrogen-bond acceptors (Lipinski definition) is 2. The number of anilines is 1. The predicted molar refractivity (Wildman–Crippen MR) is 80.0 cm³/mol. The normalized spacial score (nSPS) is 11.3. The molecule has 22 heavy (non-hydrogen) atoms. The molecule has 0 radical (unpaired) electrons. The molecule has 0 bridgehead atoms. The highest BCUT2D eigenvalue weighted by Gasteiger charge is 2.31. The number of rotatable bonds is 5. The molecule has 0 aliphatic rings. The summed E-state index contributed by atoms with van der Waals surface area (Å²) in [5.41, 5.74) is 0.775. The number of hydrogen-bond donors (Lipinski definition) is 0. The van der Waals surface area contributed by atoms with E-state index in [-0.39, 0.29) is 5.56 Å². The van der Waals surface area contributed by atoms with Gasteiger partial charge < -0.3 is 4.90 Å². The van der Waals surface area contributed by atoms with Crippen LogP contribution in [0.5, 0.6) is 0 Å². The molecule has 5 heteroatoms. The third-order valence-electron chi connectivity index (χ3n) is 3.42. The molecule has 0 heterocycles. The fourth-order valence-electron chi connectivity index (χ4n) is 2.28. The Morgan fingerprint density at radius 2 is 1.77 bits per heavy atom. The summed E-state index contributed by atoms with van der Waals surface area (Å²) >= 11 is 0. The van der Waals surface area contributed by atoms with Crippen LogP contribution in [0, 0.1) is 0 Å². The van der Waals surface area contributed by atoms with E-state index >= 15 is 0 Å². The molecule has 2 nitrogen and oxygen atoms in total. The van der Waals surface area contributed by atoms with E-state index in [0.717, 1.165) is 17.7 Å². The first-order valence-electron chi connectivity index (χ1n) is 6.91. The van der Waals surface area contributed by atoms with Crippen molar-refractivity contribution in [3.63, 3.8) is 0 Å². The Morgan fingerprint density at radius 1 is 1.09 bits per heavy atom. The lowest BCUT2D eigenvalue weighted by atomic mass is 10.1. The second kappa shape index (κ2) is 6.64. The van der Waals surface area contributed by atoms with Gasteiger partial charge in [-0.05, 0) is 30.7 Å². The number of carbonyl (C=O) groups is 1. The number of carbonyl (C=O) groups excluding carboxylic acids is 1. The summed E-state index contributed by atoms with van der Waals surface area (Å²) in [6.07, 6.45) is -3.98. The fraction of sp³-hybridized carbons (Fsp3) is 0.235. The summed E-state index contributed by atoms with van der Waals surface area (Å²) in [5, 5.41) is 0. The fourth-order valence-corrected chi connectivity index (χ4v) is 2.28. The van der Waals surface area contributed by atoms with Crippen LogP contribution in [0.25, 0.3) is 0 Å². The SMILES string of the molecule is CCN(Cc1ccccc1)c1ccc(C(F)(F)F)cc1C=O. The summed E-state index contributed by atoms with van der Waals surface area (Å²) in [6.45, 7) is 3.01. The minimum atomic E-state index is -4.45. The molecular formula is C17H16F3NO. The van der Waals surface area contributed by atoms with E-state index in [1.807, 2.05) is 42.2 Å². The molecule has 2 aromatic rings. The number of nitrogens with zero attached hydrogens (tertiary/aromatic N) is 1. The Hall–Kier alpha value is -2.30. The van der Waals surface area contributed by atoms with Crippen molar-refractivity contribution in [2.45, 2.75) is 19.6 Å². The monoisotopic (exact) mass is 307 g/mol. The minimum Gasteiger partial charge on any atom is -0.367 e. The van der Waals surface area contributed by atoms with E-state index in [1.54, 1.807) is 0 Å². The van der Waals surface area contributed by atoms with Crippen LogP contribution in [-0.2, 0) is 12.7 Å². The van der Waals surface area contributed by atoms with Gasteiger partial charge in [0.05, 0.1) is 5.56 Å². The van der Waals surface area contributed by atoms with Gasteiger partial charge in [0.15, 0.2) is 6.29 Å². The van der Waals surface area contributed by atoms with Crippen molar-refractivity contribution in [3.8, 4) is 0 Å². The molecule has 116 valence electrons. The highest BCUT2D eigenvalue weighted by molar-refractivity contribution is 5.85. The third kappa shape index (κ3) is 3.67. The smallest absolute Gasteiger partial charge is 0.367 e. The molecule has 2 aromatic carbocycles. The van der Waals surface area contributed by atoms with E-state index in [0.29, 0.717) is 25.1 Å². The molecule has 0 atom stereocenters. The van der Waals surface area contributed by atoms with Crippen molar-refractivity contribution in [1.29, 1.82) is 0 Å². The number of halogens is 3. The van der Waals surface area contributed by atoms with Crippen molar-refractivity contribution >= 4 is 12.0 Å². The molecule has 0 fully saturated rings. The first-order valence-corrected chi connectivity index (χ1v) is 6.91. The largest absolute Gasteiger partial charge is 0.416 e. The number of alkyl halides is 3. The summed E-state index contributed by atoms with van der Waals surface area (Å²) in [4.78, 5) is 13.1. The maximum atomic E-state index is 12.7. The molecule has 0 amide bonds. The molecule has 0 aromatic heterocycles. The van der Waals surface area contributed by atoms with E-state index in [2.05, 4.69) is 0 Å². The first-order chi connectivity index (χ1) is 10.5. The molecule has 0 saturated carbocycles. The Kier molecular flexibility index (Phi) is 4.85. The lowest BCUT2D eigenvalue weighted by Gasteiger charge is -2.25. The van der Waals surface area contributed by atoms with Gasteiger partial charge >= 0.3 is 6.18 Å². The average Bonchev–Trinajstić information content (AvgIpc) is 2.52. The zero-order valence-electron chi connectivity index (χ0n) is 12.1. The van der Waals surface area contributed by atoms with Crippen molar-refractivity contribution in [2.75, 3.05) is 11.4 Å². The van der Waals surface area contributed by atoms with Gasteiger partial charge in [0, 0.05) is 24.3 Å². The minimum absolute atomic E-state index is 0.0487. The molecule has 0 aliphatic heterocycles. The van der Waals surface area contributed by atoms with Crippen molar-refractivity contribution in [1.82, 2.24) is 0 Å². The first kappa shape index (κ1) is 16.1. The van der Waals surface area contributed by atoms with Crippen LogP contribution in [0.1, 0.15) is 28.4 Å². The Balaban J connectivity index is 2.34. The molecule has 0 N–H and O–H groups in total. The highest BCUT2D eigenvalue weighted by Crippen LogP contribution is 2.32. The highest BCUT2D eigenvalue weighted by atomic mass is 19.4. The molecule has 0 spiro atoms. The summed E-state index contributed by atoms with van der Waals surface area (Å²) in [6, 6.07) is 12.8. The maximum Gasteiger partial charge on any atom is 0.416 e. The summed E-state index contributed by atoms with van der Waals surface area (Å²) < 4.78 is 38.2. The summed E-state index contributed by atoms with van der Waals surface area (Å²) in [7, 11) is 0. The van der Waals surface area contributed by atoms with Crippen molar-refractivity contribution in [2.24, 2.45) is 0 Å². The number of benzene rings is 2. The standard InChI is InChI=1S/C17H16F3NO/c1-2-21(11-13-6-4-3-5-7-13)16-9-8-15(17(18,19)20)10-14(16)12-22/h3-10,12H,2,11H2,1H3. The zero-order chi connectivity index (χ0) is 16.2. The second-order valence-electron chi connectivity index (χ2n) is 4.89. The Bertz CT molecular complexity index is 638. The van der Waals surface area contributed by atoms with Crippen LogP contribution in [0.15, 0.2) is 48.5 Å². The average molecular weight is 307 g/mol. The predicted octanol–water partition coefficient (Wildman–Crippen LogP) is 4.54. The molecule has 0 saturated heterocycles.